The third kappa shape index (κ3) is 3.36. The Balaban J connectivity index is 4.27. The molecule has 4 nitrogen and oxygen atoms in total. The van der Waals surface area contributed by atoms with E-state index >= 15 is 0 Å². The molecule has 0 unspecified atom stereocenters. The van der Waals surface area contributed by atoms with Crippen LogP contribution in [0.25, 0.3) is 0 Å². The van der Waals surface area contributed by atoms with Crippen molar-refractivity contribution in [3.05, 3.63) is 0 Å². The van der Waals surface area contributed by atoms with Crippen LogP contribution in [-0.4, -0.2) is 32.4 Å². The van der Waals surface area contributed by atoms with E-state index in [1.54, 1.807) is 13.8 Å². The number of carbonyl (C=O) groups is 1. The van der Waals surface area contributed by atoms with Crippen LogP contribution < -0.4 is 5.32 Å². The Morgan fingerprint density at radius 2 is 1.91 bits per heavy atom. The summed E-state index contributed by atoms with van der Waals surface area (Å²) in [5.41, 5.74) is 0. The first kappa shape index (κ1) is 10.4. The molecule has 0 aromatic carbocycles. The summed E-state index contributed by atoms with van der Waals surface area (Å²) in [5.74, 6) is -0.875. The third-order valence-corrected chi connectivity index (χ3v) is 3.43. The van der Waals surface area contributed by atoms with E-state index in [1.165, 1.54) is 7.05 Å². The zero-order chi connectivity index (χ0) is 9.07. The van der Waals surface area contributed by atoms with E-state index in [1.807, 2.05) is 0 Å². The Bertz CT molecular complexity index is 230. The Morgan fingerprint density at radius 3 is 2.18 bits per heavy atom. The zero-order valence-corrected chi connectivity index (χ0v) is 7.73. The summed E-state index contributed by atoms with van der Waals surface area (Å²) in [6.45, 7) is 3.11. The van der Waals surface area contributed by atoms with E-state index in [0.717, 1.165) is 0 Å². The van der Waals surface area contributed by atoms with Crippen LogP contribution >= 0.6 is 0 Å². The van der Waals surface area contributed by atoms with Gasteiger partial charge in [0.05, 0.1) is 5.25 Å². The van der Waals surface area contributed by atoms with Crippen LogP contribution in [-0.2, 0) is 14.6 Å². The standard InChI is InChI=1S/C6H13NO3S/c1-5(2)11(9,10)4-6(8)7-3/h5H,4H2,1-3H3,(H,7,8). The van der Waals surface area contributed by atoms with Gasteiger partial charge in [-0.3, -0.25) is 4.79 Å². The number of amides is 1. The number of carbonyl (C=O) groups excluding carboxylic acids is 1. The molecule has 0 spiro atoms. The lowest BCUT2D eigenvalue weighted by molar-refractivity contribution is -0.118. The number of nitrogens with one attached hydrogen (secondary N) is 1. The molecular formula is C6H13NO3S. The van der Waals surface area contributed by atoms with Gasteiger partial charge in [-0.05, 0) is 13.8 Å². The van der Waals surface area contributed by atoms with E-state index in [4.69, 9.17) is 0 Å². The predicted octanol–water partition coefficient (Wildman–Crippen LogP) is -0.444. The van der Waals surface area contributed by atoms with Gasteiger partial charge in [0.25, 0.3) is 0 Å². The van der Waals surface area contributed by atoms with Crippen LogP contribution in [0.15, 0.2) is 0 Å². The second kappa shape index (κ2) is 3.71. The molecule has 1 amide bonds. The second-order valence-electron chi connectivity index (χ2n) is 2.53. The Hall–Kier alpha value is -0.580. The molecule has 0 atom stereocenters. The molecule has 0 fully saturated rings. The summed E-state index contributed by atoms with van der Waals surface area (Å²) < 4.78 is 22.1. The number of rotatable bonds is 3. The Morgan fingerprint density at radius 1 is 1.45 bits per heavy atom. The van der Waals surface area contributed by atoms with Gasteiger partial charge in [0.2, 0.25) is 5.91 Å². The number of hydrogen-bond acceptors (Lipinski definition) is 3. The average molecular weight is 179 g/mol. The quantitative estimate of drug-likeness (QED) is 0.638. The number of hydrogen-bond donors (Lipinski definition) is 1. The summed E-state index contributed by atoms with van der Waals surface area (Å²) >= 11 is 0. The van der Waals surface area contributed by atoms with Gasteiger partial charge in [-0.2, -0.15) is 0 Å². The molecule has 0 rings (SSSR count). The molecule has 0 aliphatic heterocycles. The lowest BCUT2D eigenvalue weighted by Gasteiger charge is -2.05. The van der Waals surface area contributed by atoms with Crippen LogP contribution in [0.3, 0.4) is 0 Å². The van der Waals surface area contributed by atoms with Gasteiger partial charge in [0, 0.05) is 7.05 Å². The SMILES string of the molecule is CNC(=O)CS(=O)(=O)C(C)C. The maximum atomic E-state index is 11.0. The summed E-state index contributed by atoms with van der Waals surface area (Å²) in [6, 6.07) is 0. The highest BCUT2D eigenvalue weighted by molar-refractivity contribution is 7.92. The van der Waals surface area contributed by atoms with Crippen molar-refractivity contribution < 1.29 is 13.2 Å². The van der Waals surface area contributed by atoms with E-state index in [9.17, 15) is 13.2 Å². The maximum absolute atomic E-state index is 11.0. The normalized spacial score (nSPS) is 11.6. The van der Waals surface area contributed by atoms with Gasteiger partial charge in [0.15, 0.2) is 9.84 Å². The molecule has 66 valence electrons. The summed E-state index contributed by atoms with van der Waals surface area (Å²) in [7, 11) is -1.81. The third-order valence-electron chi connectivity index (χ3n) is 1.33. The topological polar surface area (TPSA) is 63.2 Å². The summed E-state index contributed by atoms with van der Waals surface area (Å²) in [6.07, 6.45) is 0. The van der Waals surface area contributed by atoms with Crippen molar-refractivity contribution in [3.8, 4) is 0 Å². The van der Waals surface area contributed by atoms with Gasteiger partial charge in [0.1, 0.15) is 5.75 Å². The van der Waals surface area contributed by atoms with E-state index in [0.29, 0.717) is 0 Å². The minimum absolute atomic E-state index is 0.416. The zero-order valence-electron chi connectivity index (χ0n) is 6.92. The molecule has 0 aromatic heterocycles. The van der Waals surface area contributed by atoms with E-state index in [-0.39, 0.29) is 0 Å². The minimum atomic E-state index is -3.22. The molecule has 0 heterocycles. The fraction of sp³-hybridized carbons (Fsp3) is 0.833. The fourth-order valence-electron chi connectivity index (χ4n) is 0.422. The van der Waals surface area contributed by atoms with Crippen LogP contribution in [0, 0.1) is 0 Å². The van der Waals surface area contributed by atoms with E-state index < -0.39 is 26.7 Å². The molecular weight excluding hydrogens is 166 g/mol. The highest BCUT2D eigenvalue weighted by Gasteiger charge is 2.19. The fourth-order valence-corrected chi connectivity index (χ4v) is 1.26. The Kier molecular flexibility index (Phi) is 3.51. The monoisotopic (exact) mass is 179 g/mol. The van der Waals surface area contributed by atoms with Gasteiger partial charge in [-0.1, -0.05) is 0 Å². The van der Waals surface area contributed by atoms with Crippen molar-refractivity contribution in [3.63, 3.8) is 0 Å². The molecule has 0 aromatic rings. The van der Waals surface area contributed by atoms with Gasteiger partial charge in [-0.25, -0.2) is 8.42 Å². The van der Waals surface area contributed by atoms with Gasteiger partial charge >= 0.3 is 0 Å². The van der Waals surface area contributed by atoms with Crippen molar-refractivity contribution in [1.82, 2.24) is 5.32 Å². The molecule has 0 aliphatic rings. The molecule has 0 saturated heterocycles. The molecule has 1 N–H and O–H groups in total. The first-order valence-corrected chi connectivity index (χ1v) is 5.04. The lowest BCUT2D eigenvalue weighted by atomic mass is 10.6. The summed E-state index contributed by atoms with van der Waals surface area (Å²) in [4.78, 5) is 10.6. The van der Waals surface area contributed by atoms with Gasteiger partial charge < -0.3 is 5.32 Å². The molecule has 5 heteroatoms. The van der Waals surface area contributed by atoms with Gasteiger partial charge in [-0.15, -0.1) is 0 Å². The molecule has 11 heavy (non-hydrogen) atoms. The summed E-state index contributed by atoms with van der Waals surface area (Å²) in [5, 5.41) is 1.77. The maximum Gasteiger partial charge on any atom is 0.234 e. The van der Waals surface area contributed by atoms with Crippen molar-refractivity contribution in [2.75, 3.05) is 12.8 Å². The van der Waals surface area contributed by atoms with Crippen LogP contribution in [0.2, 0.25) is 0 Å². The number of sulfone groups is 1. The smallest absolute Gasteiger partial charge is 0.234 e. The highest BCUT2D eigenvalue weighted by Crippen LogP contribution is 1.99. The predicted molar refractivity (Wildman–Crippen MR) is 43.0 cm³/mol. The van der Waals surface area contributed by atoms with Crippen LogP contribution in [0.4, 0.5) is 0 Å². The van der Waals surface area contributed by atoms with Crippen molar-refractivity contribution >= 4 is 15.7 Å². The lowest BCUT2D eigenvalue weighted by Crippen LogP contribution is -2.30. The van der Waals surface area contributed by atoms with Crippen LogP contribution in [0.5, 0.6) is 0 Å². The largest absolute Gasteiger partial charge is 0.358 e. The first-order chi connectivity index (χ1) is 4.90. The van der Waals surface area contributed by atoms with Crippen molar-refractivity contribution in [2.24, 2.45) is 0 Å². The van der Waals surface area contributed by atoms with Crippen LogP contribution in [0.1, 0.15) is 13.8 Å². The molecule has 0 bridgehead atoms. The molecule has 0 saturated carbocycles. The minimum Gasteiger partial charge on any atom is -0.358 e. The van der Waals surface area contributed by atoms with Crippen molar-refractivity contribution in [2.45, 2.75) is 19.1 Å². The second-order valence-corrected chi connectivity index (χ2v) is 5.09. The van der Waals surface area contributed by atoms with Crippen molar-refractivity contribution in [1.29, 1.82) is 0 Å². The van der Waals surface area contributed by atoms with E-state index in [2.05, 4.69) is 5.32 Å². The average Bonchev–Trinajstić information content (AvgIpc) is 1.86. The molecule has 0 radical (unpaired) electrons. The first-order valence-electron chi connectivity index (χ1n) is 3.32. The highest BCUT2D eigenvalue weighted by atomic mass is 32.2. The molecule has 0 aliphatic carbocycles. The Labute approximate surface area is 66.9 Å².